The molecule has 0 saturated carbocycles. The molecule has 1 spiro atoms. The molecule has 6 heteroatoms. The fourth-order valence-electron chi connectivity index (χ4n) is 6.13. The van der Waals surface area contributed by atoms with Crippen molar-refractivity contribution in [3.63, 3.8) is 0 Å². The smallest absolute Gasteiger partial charge is 0.253 e. The second-order valence-electron chi connectivity index (χ2n) is 9.74. The second-order valence-corrected chi connectivity index (χ2v) is 9.74. The van der Waals surface area contributed by atoms with Gasteiger partial charge in [0.15, 0.2) is 0 Å². The summed E-state index contributed by atoms with van der Waals surface area (Å²) >= 11 is 0. The Balaban J connectivity index is 1.36. The van der Waals surface area contributed by atoms with Crippen LogP contribution in [0.2, 0.25) is 0 Å². The van der Waals surface area contributed by atoms with Crippen molar-refractivity contribution in [1.29, 1.82) is 0 Å². The van der Waals surface area contributed by atoms with Gasteiger partial charge in [0.05, 0.1) is 18.4 Å². The summed E-state index contributed by atoms with van der Waals surface area (Å²) in [6.45, 7) is 2.49. The van der Waals surface area contributed by atoms with E-state index in [0.717, 1.165) is 22.4 Å². The maximum absolute atomic E-state index is 14.2. The topological polar surface area (TPSA) is 69.7 Å². The highest BCUT2D eigenvalue weighted by Crippen LogP contribution is 2.54. The Hall–Kier alpha value is -4.03. The van der Waals surface area contributed by atoms with Crippen molar-refractivity contribution in [2.24, 2.45) is 11.8 Å². The average Bonchev–Trinajstić information content (AvgIpc) is 3.44. The molecule has 2 saturated heterocycles. The number of imide groups is 1. The van der Waals surface area contributed by atoms with Crippen LogP contribution >= 0.6 is 0 Å². The van der Waals surface area contributed by atoms with Gasteiger partial charge in [0.1, 0.15) is 5.54 Å². The Morgan fingerprint density at radius 2 is 1.50 bits per heavy atom. The summed E-state index contributed by atoms with van der Waals surface area (Å²) in [7, 11) is 0. The van der Waals surface area contributed by atoms with Crippen molar-refractivity contribution in [3.8, 4) is 0 Å². The lowest BCUT2D eigenvalue weighted by Gasteiger charge is -2.30. The van der Waals surface area contributed by atoms with E-state index in [2.05, 4.69) is 5.32 Å². The maximum atomic E-state index is 14.2. The van der Waals surface area contributed by atoms with Crippen LogP contribution in [-0.4, -0.2) is 35.2 Å². The van der Waals surface area contributed by atoms with Crippen LogP contribution in [0.25, 0.3) is 6.08 Å². The number of fused-ring (bicyclic) bond motifs is 4. The third kappa shape index (κ3) is 3.25. The van der Waals surface area contributed by atoms with Gasteiger partial charge >= 0.3 is 0 Å². The number of anilines is 1. The molecule has 3 aliphatic heterocycles. The second kappa shape index (κ2) is 8.57. The lowest BCUT2D eigenvalue weighted by Crippen LogP contribution is -2.54. The van der Waals surface area contributed by atoms with Crippen LogP contribution in [0.3, 0.4) is 0 Å². The summed E-state index contributed by atoms with van der Waals surface area (Å²) < 4.78 is 0. The number of para-hydroxylation sites is 1. The van der Waals surface area contributed by atoms with E-state index in [4.69, 9.17) is 0 Å². The number of benzene rings is 3. The molecule has 0 radical (unpaired) electrons. The summed E-state index contributed by atoms with van der Waals surface area (Å²) in [4.78, 5) is 44.6. The zero-order valence-electron chi connectivity index (χ0n) is 20.0. The minimum atomic E-state index is -1.25. The van der Waals surface area contributed by atoms with Crippen molar-refractivity contribution in [2.45, 2.75) is 25.0 Å². The van der Waals surface area contributed by atoms with Gasteiger partial charge in [-0.1, -0.05) is 91.0 Å². The molecule has 2 fully saturated rings. The van der Waals surface area contributed by atoms with E-state index in [1.54, 1.807) is 4.90 Å². The molecule has 3 aliphatic rings. The van der Waals surface area contributed by atoms with Crippen LogP contribution in [0, 0.1) is 11.8 Å². The Kier molecular flexibility index (Phi) is 5.34. The molecule has 0 bridgehead atoms. The van der Waals surface area contributed by atoms with Gasteiger partial charge in [-0.3, -0.25) is 24.6 Å². The quantitative estimate of drug-likeness (QED) is 0.569. The average molecular weight is 478 g/mol. The summed E-state index contributed by atoms with van der Waals surface area (Å²) in [5, 5.41) is 3.44. The first-order valence-corrected chi connectivity index (χ1v) is 12.3. The lowest BCUT2D eigenvalue weighted by atomic mass is 9.76. The molecule has 0 unspecified atom stereocenters. The predicted molar refractivity (Wildman–Crippen MR) is 138 cm³/mol. The first-order chi connectivity index (χ1) is 17.5. The number of amides is 3. The normalized spacial score (nSPS) is 26.9. The van der Waals surface area contributed by atoms with E-state index >= 15 is 0 Å². The van der Waals surface area contributed by atoms with E-state index in [0.29, 0.717) is 6.54 Å². The molecule has 180 valence electrons. The minimum absolute atomic E-state index is 0.177. The summed E-state index contributed by atoms with van der Waals surface area (Å²) in [6, 6.07) is 26.7. The van der Waals surface area contributed by atoms with Crippen LogP contribution in [0.1, 0.15) is 23.6 Å². The molecule has 1 N–H and O–H groups in total. The highest BCUT2D eigenvalue weighted by atomic mass is 16.2. The van der Waals surface area contributed by atoms with E-state index in [9.17, 15) is 14.4 Å². The van der Waals surface area contributed by atoms with Crippen molar-refractivity contribution >= 4 is 29.5 Å². The number of hydrogen-bond donors (Lipinski definition) is 1. The fraction of sp³-hybridized carbons (Fsp3) is 0.233. The Morgan fingerprint density at radius 1 is 0.833 bits per heavy atom. The van der Waals surface area contributed by atoms with Gasteiger partial charge in [0.2, 0.25) is 11.8 Å². The summed E-state index contributed by atoms with van der Waals surface area (Å²) in [5.41, 5.74) is 2.24. The van der Waals surface area contributed by atoms with Gasteiger partial charge in [-0.05, 0) is 24.1 Å². The molecule has 3 aromatic rings. The first kappa shape index (κ1) is 22.4. The third-order valence-corrected chi connectivity index (χ3v) is 7.69. The summed E-state index contributed by atoms with van der Waals surface area (Å²) in [5.74, 6) is -2.03. The van der Waals surface area contributed by atoms with Crippen molar-refractivity contribution in [3.05, 3.63) is 108 Å². The molecule has 6 nitrogen and oxygen atoms in total. The number of carbonyl (C=O) groups excluding carboxylic acids is 3. The zero-order chi connectivity index (χ0) is 24.9. The number of hydrogen-bond acceptors (Lipinski definition) is 4. The largest absolute Gasteiger partial charge is 0.306 e. The minimum Gasteiger partial charge on any atom is -0.306 e. The molecule has 36 heavy (non-hydrogen) atoms. The van der Waals surface area contributed by atoms with Crippen LogP contribution in [0.5, 0.6) is 0 Å². The Labute approximate surface area is 210 Å². The molecular weight excluding hydrogens is 450 g/mol. The molecule has 4 atom stereocenters. The third-order valence-electron chi connectivity index (χ3n) is 7.69. The van der Waals surface area contributed by atoms with E-state index in [-0.39, 0.29) is 30.3 Å². The molecule has 0 aliphatic carbocycles. The van der Waals surface area contributed by atoms with E-state index in [1.807, 2.05) is 104 Å². The number of nitrogens with one attached hydrogen (secondary N) is 1. The van der Waals surface area contributed by atoms with Gasteiger partial charge in [0, 0.05) is 23.8 Å². The Morgan fingerprint density at radius 3 is 2.25 bits per heavy atom. The highest BCUT2D eigenvalue weighted by Gasteiger charge is 2.70. The predicted octanol–water partition coefficient (Wildman–Crippen LogP) is 3.74. The van der Waals surface area contributed by atoms with E-state index in [1.165, 1.54) is 4.90 Å². The number of nitrogens with zero attached hydrogens (tertiary/aromatic N) is 2. The first-order valence-electron chi connectivity index (χ1n) is 12.3. The number of rotatable bonds is 5. The monoisotopic (exact) mass is 477 g/mol. The van der Waals surface area contributed by atoms with E-state index < -0.39 is 17.4 Å². The molecule has 3 amide bonds. The van der Waals surface area contributed by atoms with Gasteiger partial charge in [-0.2, -0.15) is 0 Å². The maximum Gasteiger partial charge on any atom is 0.253 e. The SMILES string of the molecule is C[C@@H]1N[C@]2(C(=O)N(C/C=C\c3ccccc3)c3ccccc32)[C@@H]2C(=O)N(Cc3ccccc3)C(=O)[C@@H]12. The van der Waals surface area contributed by atoms with Crippen LogP contribution < -0.4 is 10.2 Å². The Bertz CT molecular complexity index is 1370. The van der Waals surface area contributed by atoms with Gasteiger partial charge in [-0.25, -0.2) is 0 Å². The molecule has 6 rings (SSSR count). The molecule has 3 heterocycles. The van der Waals surface area contributed by atoms with Crippen molar-refractivity contribution < 1.29 is 14.4 Å². The van der Waals surface area contributed by atoms with Crippen molar-refractivity contribution in [2.75, 3.05) is 11.4 Å². The van der Waals surface area contributed by atoms with Gasteiger partial charge in [-0.15, -0.1) is 0 Å². The van der Waals surface area contributed by atoms with Crippen molar-refractivity contribution in [1.82, 2.24) is 10.2 Å². The standard InChI is InChI=1S/C30H27N3O3/c1-20-25-26(28(35)33(27(25)34)19-22-13-6-3-7-14-22)30(31-20)23-16-8-9-17-24(23)32(29(30)36)18-10-15-21-11-4-2-5-12-21/h2-17,20,25-26,31H,18-19H2,1H3/b15-10-/t20-,25-,26-,30-/m0/s1. The number of likely N-dealkylation sites (tertiary alicyclic amines) is 1. The molecule has 3 aromatic carbocycles. The fourth-order valence-corrected chi connectivity index (χ4v) is 6.13. The van der Waals surface area contributed by atoms with Crippen LogP contribution in [-0.2, 0) is 26.5 Å². The molecule has 0 aromatic heterocycles. The van der Waals surface area contributed by atoms with Gasteiger partial charge in [0.25, 0.3) is 5.91 Å². The highest BCUT2D eigenvalue weighted by molar-refractivity contribution is 6.16. The summed E-state index contributed by atoms with van der Waals surface area (Å²) in [6.07, 6.45) is 3.95. The lowest BCUT2D eigenvalue weighted by molar-refractivity contribution is -0.143. The van der Waals surface area contributed by atoms with Gasteiger partial charge < -0.3 is 4.90 Å². The van der Waals surface area contributed by atoms with Crippen LogP contribution in [0.4, 0.5) is 5.69 Å². The molecular formula is C30H27N3O3. The van der Waals surface area contributed by atoms with Crippen LogP contribution in [0.15, 0.2) is 91.0 Å². The number of carbonyl (C=O) groups is 3. The zero-order valence-corrected chi connectivity index (χ0v) is 20.0.